The van der Waals surface area contributed by atoms with E-state index in [1.807, 2.05) is 63.2 Å². The van der Waals surface area contributed by atoms with Gasteiger partial charge < -0.3 is 10.2 Å². The van der Waals surface area contributed by atoms with Crippen LogP contribution in [0.2, 0.25) is 0 Å². The van der Waals surface area contributed by atoms with Gasteiger partial charge in [-0.2, -0.15) is 0 Å². The lowest BCUT2D eigenvalue weighted by Gasteiger charge is -2.32. The Kier molecular flexibility index (Phi) is 9.91. The zero-order valence-electron chi connectivity index (χ0n) is 20.0. The van der Waals surface area contributed by atoms with E-state index in [-0.39, 0.29) is 12.5 Å². The molecule has 1 N–H and O–H groups in total. The first-order valence-electron chi connectivity index (χ1n) is 11.4. The molecule has 0 aliphatic heterocycles. The van der Waals surface area contributed by atoms with Gasteiger partial charge in [-0.15, -0.1) is 0 Å². The molecule has 2 rings (SSSR count). The Morgan fingerprint density at radius 1 is 0.939 bits per heavy atom. The second-order valence-corrected chi connectivity index (χ2v) is 9.84. The number of sulfonamides is 1. The van der Waals surface area contributed by atoms with Crippen molar-refractivity contribution in [2.75, 3.05) is 30.2 Å². The normalized spacial score (nSPS) is 12.1. The number of likely N-dealkylation sites (N-methyl/N-ethyl adjacent to an activating group) is 1. The molecule has 2 amide bonds. The Balaban J connectivity index is 2.33. The summed E-state index contributed by atoms with van der Waals surface area (Å²) in [6.45, 7) is 6.09. The fourth-order valence-electron chi connectivity index (χ4n) is 3.70. The molecule has 180 valence electrons. The molecule has 0 saturated heterocycles. The smallest absolute Gasteiger partial charge is 0.244 e. The highest BCUT2D eigenvalue weighted by atomic mass is 32.2. The summed E-state index contributed by atoms with van der Waals surface area (Å²) in [7, 11) is -3.71. The molecule has 0 fully saturated rings. The number of hydrogen-bond donors (Lipinski definition) is 1. The summed E-state index contributed by atoms with van der Waals surface area (Å²) in [4.78, 5) is 27.7. The van der Waals surface area contributed by atoms with Gasteiger partial charge in [0.05, 0.1) is 11.9 Å². The zero-order valence-corrected chi connectivity index (χ0v) is 20.8. The molecule has 0 radical (unpaired) electrons. The number of anilines is 1. The number of rotatable bonds is 12. The SMILES string of the molecule is CCNC(=O)[C@@H](CC)N(CCc1ccccc1)C(=O)CN(c1ccc(CC)cc1)S(C)(=O)=O. The van der Waals surface area contributed by atoms with Crippen LogP contribution < -0.4 is 9.62 Å². The summed E-state index contributed by atoms with van der Waals surface area (Å²) >= 11 is 0. The molecule has 0 unspecified atom stereocenters. The summed E-state index contributed by atoms with van der Waals surface area (Å²) in [6.07, 6.45) is 2.91. The van der Waals surface area contributed by atoms with Crippen molar-refractivity contribution in [1.82, 2.24) is 10.2 Å². The van der Waals surface area contributed by atoms with Gasteiger partial charge in [-0.25, -0.2) is 8.42 Å². The molecule has 7 nitrogen and oxygen atoms in total. The van der Waals surface area contributed by atoms with Crippen molar-refractivity contribution in [1.29, 1.82) is 0 Å². The number of nitrogens with zero attached hydrogens (tertiary/aromatic N) is 2. The van der Waals surface area contributed by atoms with Crippen LogP contribution in [0.15, 0.2) is 54.6 Å². The van der Waals surface area contributed by atoms with Gasteiger partial charge in [0.25, 0.3) is 0 Å². The Morgan fingerprint density at radius 2 is 1.58 bits per heavy atom. The number of benzene rings is 2. The first-order valence-corrected chi connectivity index (χ1v) is 13.2. The molecule has 0 bridgehead atoms. The fraction of sp³-hybridized carbons (Fsp3) is 0.440. The number of carbonyl (C=O) groups excluding carboxylic acids is 2. The number of nitrogens with one attached hydrogen (secondary N) is 1. The van der Waals surface area contributed by atoms with E-state index in [0.717, 1.165) is 28.1 Å². The van der Waals surface area contributed by atoms with Crippen LogP contribution in [0.25, 0.3) is 0 Å². The molecule has 0 aromatic heterocycles. The van der Waals surface area contributed by atoms with Crippen molar-refractivity contribution < 1.29 is 18.0 Å². The Bertz CT molecular complexity index is 1010. The van der Waals surface area contributed by atoms with E-state index >= 15 is 0 Å². The van der Waals surface area contributed by atoms with Crippen LogP contribution in [0.4, 0.5) is 5.69 Å². The molecule has 33 heavy (non-hydrogen) atoms. The number of aryl methyl sites for hydroxylation is 1. The Hall–Kier alpha value is -2.87. The molecule has 0 heterocycles. The third-order valence-corrected chi connectivity index (χ3v) is 6.67. The van der Waals surface area contributed by atoms with Crippen LogP contribution in [-0.2, 0) is 32.5 Å². The molecule has 8 heteroatoms. The number of carbonyl (C=O) groups is 2. The van der Waals surface area contributed by atoms with Crippen molar-refractivity contribution in [2.45, 2.75) is 46.1 Å². The Morgan fingerprint density at radius 3 is 2.09 bits per heavy atom. The maximum Gasteiger partial charge on any atom is 0.244 e. The minimum Gasteiger partial charge on any atom is -0.355 e. The lowest BCUT2D eigenvalue weighted by molar-refractivity contribution is -0.139. The fourth-order valence-corrected chi connectivity index (χ4v) is 4.55. The van der Waals surface area contributed by atoms with Crippen molar-refractivity contribution in [3.8, 4) is 0 Å². The lowest BCUT2D eigenvalue weighted by atomic mass is 10.1. The van der Waals surface area contributed by atoms with Crippen molar-refractivity contribution in [3.63, 3.8) is 0 Å². The predicted octanol–water partition coefficient (Wildman–Crippen LogP) is 3.00. The molecule has 2 aromatic carbocycles. The van der Waals surface area contributed by atoms with Gasteiger partial charge in [0, 0.05) is 13.1 Å². The van der Waals surface area contributed by atoms with E-state index in [1.54, 1.807) is 12.1 Å². The number of hydrogen-bond acceptors (Lipinski definition) is 4. The van der Waals surface area contributed by atoms with E-state index < -0.39 is 22.0 Å². The topological polar surface area (TPSA) is 86.8 Å². The van der Waals surface area contributed by atoms with Crippen molar-refractivity contribution >= 4 is 27.5 Å². The van der Waals surface area contributed by atoms with Gasteiger partial charge in [-0.05, 0) is 49.4 Å². The zero-order chi connectivity index (χ0) is 24.4. The lowest BCUT2D eigenvalue weighted by Crippen LogP contribution is -2.53. The second-order valence-electron chi connectivity index (χ2n) is 7.93. The average molecular weight is 474 g/mol. The van der Waals surface area contributed by atoms with Crippen LogP contribution in [0.1, 0.15) is 38.3 Å². The van der Waals surface area contributed by atoms with Crippen molar-refractivity contribution in [2.24, 2.45) is 0 Å². The highest BCUT2D eigenvalue weighted by Gasteiger charge is 2.31. The first-order chi connectivity index (χ1) is 15.7. The highest BCUT2D eigenvalue weighted by Crippen LogP contribution is 2.20. The van der Waals surface area contributed by atoms with Crippen LogP contribution in [0.5, 0.6) is 0 Å². The molecule has 0 aliphatic carbocycles. The maximum atomic E-state index is 13.5. The summed E-state index contributed by atoms with van der Waals surface area (Å²) in [5, 5.41) is 2.79. The largest absolute Gasteiger partial charge is 0.355 e. The second kappa shape index (κ2) is 12.4. The van der Waals surface area contributed by atoms with Gasteiger partial charge in [-0.1, -0.05) is 56.3 Å². The van der Waals surface area contributed by atoms with E-state index in [1.165, 1.54) is 4.90 Å². The van der Waals surface area contributed by atoms with Gasteiger partial charge in [0.15, 0.2) is 0 Å². The number of amides is 2. The van der Waals surface area contributed by atoms with E-state index in [4.69, 9.17) is 0 Å². The molecule has 0 aliphatic rings. The molecule has 0 spiro atoms. The summed E-state index contributed by atoms with van der Waals surface area (Å²) in [5.74, 6) is -0.645. The molecule has 0 saturated carbocycles. The van der Waals surface area contributed by atoms with E-state index in [0.29, 0.717) is 31.6 Å². The van der Waals surface area contributed by atoms with E-state index in [9.17, 15) is 18.0 Å². The molecule has 1 atom stereocenters. The molecular weight excluding hydrogens is 438 g/mol. The van der Waals surface area contributed by atoms with Crippen LogP contribution >= 0.6 is 0 Å². The maximum absolute atomic E-state index is 13.5. The van der Waals surface area contributed by atoms with Gasteiger partial charge in [0.1, 0.15) is 12.6 Å². The summed E-state index contributed by atoms with van der Waals surface area (Å²) in [5.41, 5.74) is 2.54. The minimum atomic E-state index is -3.71. The Labute approximate surface area is 197 Å². The molecule has 2 aromatic rings. The van der Waals surface area contributed by atoms with Gasteiger partial charge in [-0.3, -0.25) is 13.9 Å². The molecular formula is C25H35N3O4S. The summed E-state index contributed by atoms with van der Waals surface area (Å²) < 4.78 is 26.3. The van der Waals surface area contributed by atoms with Crippen LogP contribution in [-0.4, -0.2) is 57.1 Å². The summed E-state index contributed by atoms with van der Waals surface area (Å²) in [6, 6.07) is 16.2. The quantitative estimate of drug-likeness (QED) is 0.513. The van der Waals surface area contributed by atoms with Crippen LogP contribution in [0.3, 0.4) is 0 Å². The van der Waals surface area contributed by atoms with Gasteiger partial charge >= 0.3 is 0 Å². The third-order valence-electron chi connectivity index (χ3n) is 5.53. The predicted molar refractivity (Wildman–Crippen MR) is 133 cm³/mol. The first kappa shape index (κ1) is 26.4. The monoisotopic (exact) mass is 473 g/mol. The minimum absolute atomic E-state index is 0.236. The highest BCUT2D eigenvalue weighted by molar-refractivity contribution is 7.92. The van der Waals surface area contributed by atoms with Crippen LogP contribution in [0, 0.1) is 0 Å². The third kappa shape index (κ3) is 7.60. The standard InChI is InChI=1S/C25H35N3O4S/c1-5-20-13-15-22(16-14-20)28(33(4,31)32)19-24(29)27(23(6-2)25(30)26-7-3)18-17-21-11-9-8-10-12-21/h8-16,23H,5-7,17-19H2,1-4H3,(H,26,30)/t23-/m1/s1. The van der Waals surface area contributed by atoms with Gasteiger partial charge in [0.2, 0.25) is 21.8 Å². The van der Waals surface area contributed by atoms with Crippen molar-refractivity contribution in [3.05, 3.63) is 65.7 Å². The van der Waals surface area contributed by atoms with E-state index in [2.05, 4.69) is 5.32 Å². The average Bonchev–Trinajstić information content (AvgIpc) is 2.80.